The second-order valence-corrected chi connectivity index (χ2v) is 7.92. The van der Waals surface area contributed by atoms with Gasteiger partial charge in [-0.1, -0.05) is 19.3 Å². The zero-order valence-electron chi connectivity index (χ0n) is 16.6. The van der Waals surface area contributed by atoms with Crippen LogP contribution in [0.2, 0.25) is 0 Å². The van der Waals surface area contributed by atoms with Crippen molar-refractivity contribution in [2.24, 2.45) is 10.7 Å². The molecule has 154 valence electrons. The highest BCUT2D eigenvalue weighted by atomic mass is 16.5. The second kappa shape index (κ2) is 9.01. The van der Waals surface area contributed by atoms with Crippen LogP contribution in [0.5, 0.6) is 11.5 Å². The molecule has 7 nitrogen and oxygen atoms in total. The number of nitrogens with one attached hydrogen (secondary N) is 1. The molecule has 0 atom stereocenters. The Labute approximate surface area is 167 Å². The average Bonchev–Trinajstić information content (AvgIpc) is 2.99. The second-order valence-electron chi connectivity index (χ2n) is 7.92. The van der Waals surface area contributed by atoms with Crippen LogP contribution in [0.25, 0.3) is 0 Å². The predicted octanol–water partition coefficient (Wildman–Crippen LogP) is 2.61. The van der Waals surface area contributed by atoms with Crippen molar-refractivity contribution >= 4 is 11.6 Å². The van der Waals surface area contributed by atoms with Crippen molar-refractivity contribution in [3.05, 3.63) is 18.2 Å². The minimum atomic E-state index is 0.124. The van der Waals surface area contributed by atoms with Gasteiger partial charge in [-0.05, 0) is 25.0 Å². The molecule has 1 saturated heterocycles. The van der Waals surface area contributed by atoms with E-state index in [1.807, 2.05) is 18.2 Å². The van der Waals surface area contributed by atoms with E-state index in [2.05, 4.69) is 10.2 Å². The van der Waals surface area contributed by atoms with Crippen LogP contribution in [0.3, 0.4) is 0 Å². The molecule has 4 rings (SSSR count). The van der Waals surface area contributed by atoms with Gasteiger partial charge in [0.15, 0.2) is 17.5 Å². The van der Waals surface area contributed by atoms with Gasteiger partial charge in [0.1, 0.15) is 0 Å². The molecule has 0 bridgehead atoms. The maximum Gasteiger partial charge on any atom is 0.193 e. The van der Waals surface area contributed by atoms with Crippen LogP contribution < -0.4 is 20.5 Å². The standard InChI is InChI=1S/C21H32N4O3/c22-20(24-17-5-6-18-19(15-17)28-12-4-11-27-18)23-16-21(7-2-1-3-8-21)25-9-13-26-14-10-25/h5-6,15H,1-4,7-14,16H2,(H3,22,23,24). The number of nitrogens with zero attached hydrogens (tertiary/aromatic N) is 2. The summed E-state index contributed by atoms with van der Waals surface area (Å²) in [7, 11) is 0. The van der Waals surface area contributed by atoms with E-state index in [0.717, 1.165) is 56.5 Å². The summed E-state index contributed by atoms with van der Waals surface area (Å²) in [5, 5.41) is 3.22. The topological polar surface area (TPSA) is 81.3 Å². The number of fused-ring (bicyclic) bond motifs is 1. The molecular weight excluding hydrogens is 356 g/mol. The lowest BCUT2D eigenvalue weighted by Gasteiger charge is -2.47. The van der Waals surface area contributed by atoms with Crippen molar-refractivity contribution < 1.29 is 14.2 Å². The summed E-state index contributed by atoms with van der Waals surface area (Å²) >= 11 is 0. The summed E-state index contributed by atoms with van der Waals surface area (Å²) in [6.45, 7) is 5.70. The molecular formula is C21H32N4O3. The van der Waals surface area contributed by atoms with Crippen molar-refractivity contribution in [1.29, 1.82) is 0 Å². The van der Waals surface area contributed by atoms with Crippen LogP contribution in [0, 0.1) is 0 Å². The molecule has 0 spiro atoms. The monoisotopic (exact) mass is 388 g/mol. The van der Waals surface area contributed by atoms with Gasteiger partial charge in [0, 0.05) is 36.8 Å². The quantitative estimate of drug-likeness (QED) is 0.610. The normalized spacial score (nSPS) is 23.1. The SMILES string of the molecule is NC(=NCC1(N2CCOCC2)CCCCC1)Nc1ccc2c(c1)OCCCO2. The zero-order chi connectivity index (χ0) is 19.2. The third kappa shape index (κ3) is 4.52. The fourth-order valence-electron chi connectivity index (χ4n) is 4.48. The average molecular weight is 389 g/mol. The number of hydrogen-bond donors (Lipinski definition) is 2. The van der Waals surface area contributed by atoms with Gasteiger partial charge < -0.3 is 25.3 Å². The highest BCUT2D eigenvalue weighted by Gasteiger charge is 2.38. The molecule has 3 aliphatic rings. The number of hydrogen-bond acceptors (Lipinski definition) is 5. The van der Waals surface area contributed by atoms with Crippen molar-refractivity contribution in [3.63, 3.8) is 0 Å². The lowest BCUT2D eigenvalue weighted by atomic mass is 9.80. The smallest absolute Gasteiger partial charge is 0.193 e. The van der Waals surface area contributed by atoms with Crippen LogP contribution in [-0.2, 0) is 4.74 Å². The Balaban J connectivity index is 1.43. The predicted molar refractivity (Wildman–Crippen MR) is 110 cm³/mol. The van der Waals surface area contributed by atoms with Crippen LogP contribution in [0.1, 0.15) is 38.5 Å². The summed E-state index contributed by atoms with van der Waals surface area (Å²) < 4.78 is 17.0. The number of aliphatic imine (C=N–C) groups is 1. The largest absolute Gasteiger partial charge is 0.490 e. The van der Waals surface area contributed by atoms with Crippen molar-refractivity contribution in [1.82, 2.24) is 4.90 Å². The van der Waals surface area contributed by atoms with Crippen LogP contribution in [0.15, 0.2) is 23.2 Å². The Bertz CT molecular complexity index is 682. The summed E-state index contributed by atoms with van der Waals surface area (Å²) in [5.74, 6) is 1.99. The molecule has 0 amide bonds. The van der Waals surface area contributed by atoms with Crippen molar-refractivity contribution in [3.8, 4) is 11.5 Å². The van der Waals surface area contributed by atoms with E-state index in [4.69, 9.17) is 24.9 Å². The molecule has 3 N–H and O–H groups in total. The molecule has 1 aliphatic carbocycles. The fraction of sp³-hybridized carbons (Fsp3) is 0.667. The third-order valence-corrected chi connectivity index (χ3v) is 6.03. The van der Waals surface area contributed by atoms with Crippen molar-refractivity contribution in [2.45, 2.75) is 44.1 Å². The summed E-state index contributed by atoms with van der Waals surface area (Å²) in [5.41, 5.74) is 7.24. The molecule has 0 radical (unpaired) electrons. The molecule has 2 aliphatic heterocycles. The summed E-state index contributed by atoms with van der Waals surface area (Å²) in [6, 6.07) is 5.81. The van der Waals surface area contributed by atoms with E-state index in [9.17, 15) is 0 Å². The number of benzene rings is 1. The van der Waals surface area contributed by atoms with Gasteiger partial charge >= 0.3 is 0 Å². The van der Waals surface area contributed by atoms with E-state index in [-0.39, 0.29) is 5.54 Å². The maximum absolute atomic E-state index is 6.24. The Kier molecular flexibility index (Phi) is 6.22. The number of rotatable bonds is 4. The Morgan fingerprint density at radius 3 is 2.54 bits per heavy atom. The number of ether oxygens (including phenoxy) is 3. The Morgan fingerprint density at radius 1 is 1.00 bits per heavy atom. The number of nitrogens with two attached hydrogens (primary N) is 1. The van der Waals surface area contributed by atoms with Crippen LogP contribution >= 0.6 is 0 Å². The number of guanidine groups is 1. The van der Waals surface area contributed by atoms with Gasteiger partial charge in [0.05, 0.1) is 33.0 Å². The van der Waals surface area contributed by atoms with E-state index >= 15 is 0 Å². The van der Waals surface area contributed by atoms with Crippen LogP contribution in [-0.4, -0.2) is 62.5 Å². The third-order valence-electron chi connectivity index (χ3n) is 6.03. The van der Waals surface area contributed by atoms with Crippen LogP contribution in [0.4, 0.5) is 5.69 Å². The van der Waals surface area contributed by atoms with Crippen molar-refractivity contribution in [2.75, 3.05) is 51.4 Å². The Morgan fingerprint density at radius 2 is 1.75 bits per heavy atom. The van der Waals surface area contributed by atoms with Gasteiger partial charge in [0.2, 0.25) is 0 Å². The Hall–Kier alpha value is -1.99. The molecule has 2 heterocycles. The minimum Gasteiger partial charge on any atom is -0.490 e. The van der Waals surface area contributed by atoms with Gasteiger partial charge in [-0.15, -0.1) is 0 Å². The molecule has 1 aromatic carbocycles. The van der Waals surface area contributed by atoms with Gasteiger partial charge in [-0.25, -0.2) is 0 Å². The maximum atomic E-state index is 6.24. The highest BCUT2D eigenvalue weighted by Crippen LogP contribution is 2.35. The first-order chi connectivity index (χ1) is 13.8. The molecule has 2 fully saturated rings. The molecule has 28 heavy (non-hydrogen) atoms. The van der Waals surface area contributed by atoms with Gasteiger partial charge in [-0.2, -0.15) is 0 Å². The van der Waals surface area contributed by atoms with E-state index in [0.29, 0.717) is 19.2 Å². The molecule has 0 unspecified atom stereocenters. The fourth-order valence-corrected chi connectivity index (χ4v) is 4.48. The number of anilines is 1. The molecule has 0 aromatic heterocycles. The zero-order valence-corrected chi connectivity index (χ0v) is 16.6. The first-order valence-corrected chi connectivity index (χ1v) is 10.5. The highest BCUT2D eigenvalue weighted by molar-refractivity contribution is 5.92. The van der Waals surface area contributed by atoms with E-state index in [1.54, 1.807) is 0 Å². The molecule has 1 aromatic rings. The lowest BCUT2D eigenvalue weighted by molar-refractivity contribution is -0.0333. The first kappa shape index (κ1) is 19.3. The van der Waals surface area contributed by atoms with E-state index < -0.39 is 0 Å². The lowest BCUT2D eigenvalue weighted by Crippen LogP contribution is -2.56. The first-order valence-electron chi connectivity index (χ1n) is 10.5. The summed E-state index contributed by atoms with van der Waals surface area (Å²) in [4.78, 5) is 7.33. The van der Waals surface area contributed by atoms with E-state index in [1.165, 1.54) is 32.1 Å². The molecule has 1 saturated carbocycles. The summed E-state index contributed by atoms with van der Waals surface area (Å²) in [6.07, 6.45) is 7.12. The number of morpholine rings is 1. The van der Waals surface area contributed by atoms with Gasteiger partial charge in [0.25, 0.3) is 0 Å². The molecule has 7 heteroatoms. The van der Waals surface area contributed by atoms with Gasteiger partial charge in [-0.3, -0.25) is 9.89 Å². The minimum absolute atomic E-state index is 0.124.